The largest absolute Gasteiger partial charge is 0.506 e. The lowest BCUT2D eigenvalue weighted by Gasteiger charge is -2.27. The molecule has 12 nitrogen and oxygen atoms in total. The molecule has 0 saturated heterocycles. The number of rotatable bonds is 19. The van der Waals surface area contributed by atoms with E-state index in [0.717, 1.165) is 51.0 Å². The van der Waals surface area contributed by atoms with Crippen LogP contribution >= 0.6 is 0 Å². The summed E-state index contributed by atoms with van der Waals surface area (Å²) >= 11 is 0. The van der Waals surface area contributed by atoms with Crippen LogP contribution in [0.2, 0.25) is 0 Å². The molecule has 0 saturated carbocycles. The van der Waals surface area contributed by atoms with Crippen LogP contribution in [0.4, 0.5) is 11.4 Å². The molecule has 3 aromatic rings. The number of aryl methyl sites for hydroxylation is 2. The fourth-order valence-electron chi connectivity index (χ4n) is 5.09. The van der Waals surface area contributed by atoms with Gasteiger partial charge in [0.1, 0.15) is 11.5 Å². The van der Waals surface area contributed by atoms with Crippen LogP contribution in [0.5, 0.6) is 11.5 Å². The van der Waals surface area contributed by atoms with Gasteiger partial charge in [0.15, 0.2) is 0 Å². The van der Waals surface area contributed by atoms with Gasteiger partial charge in [-0.2, -0.15) is 0 Å². The molecule has 9 N–H and O–H groups in total. The number of aliphatic hydroxyl groups excluding tert-OH is 2. The van der Waals surface area contributed by atoms with Crippen molar-refractivity contribution in [1.29, 1.82) is 0 Å². The minimum absolute atomic E-state index is 0.0248. The second-order valence-electron chi connectivity index (χ2n) is 11.6. The van der Waals surface area contributed by atoms with Crippen LogP contribution in [0.1, 0.15) is 66.6 Å². The Hall–Kier alpha value is -3.40. The van der Waals surface area contributed by atoms with Gasteiger partial charge in [-0.3, -0.25) is 9.44 Å². The van der Waals surface area contributed by atoms with Crippen molar-refractivity contribution >= 4 is 31.4 Å². The zero-order valence-corrected chi connectivity index (χ0v) is 27.8. The average Bonchev–Trinajstić information content (AvgIpc) is 2.98. The summed E-state index contributed by atoms with van der Waals surface area (Å²) in [6.07, 6.45) is 5.56. The summed E-state index contributed by atoms with van der Waals surface area (Å²) in [5, 5.41) is 45.7. The van der Waals surface area contributed by atoms with Gasteiger partial charge in [0.25, 0.3) is 0 Å². The van der Waals surface area contributed by atoms with Gasteiger partial charge in [0, 0.05) is 12.6 Å². The highest BCUT2D eigenvalue weighted by Gasteiger charge is 2.24. The van der Waals surface area contributed by atoms with E-state index < -0.39 is 38.3 Å². The molecule has 3 atom stereocenters. The van der Waals surface area contributed by atoms with E-state index in [2.05, 4.69) is 39.0 Å². The topological polar surface area (TPSA) is 211 Å². The predicted molar refractivity (Wildman–Crippen MR) is 181 cm³/mol. The molecular formula is C32H46N4O8S2. The smallest absolute Gasteiger partial charge is 0.229 e. The number of aromatic hydroxyl groups is 2. The Bertz CT molecular complexity index is 1630. The van der Waals surface area contributed by atoms with Crippen molar-refractivity contribution in [2.45, 2.75) is 63.2 Å². The van der Waals surface area contributed by atoms with Gasteiger partial charge in [-0.25, -0.2) is 16.8 Å². The number of nitrogens with one attached hydrogen (secondary N) is 3. The van der Waals surface area contributed by atoms with Crippen LogP contribution < -0.4 is 20.5 Å². The molecular weight excluding hydrogens is 633 g/mol. The van der Waals surface area contributed by atoms with Crippen LogP contribution in [0.3, 0.4) is 0 Å². The van der Waals surface area contributed by atoms with Gasteiger partial charge >= 0.3 is 0 Å². The highest BCUT2D eigenvalue weighted by atomic mass is 32.2. The Kier molecular flexibility index (Phi) is 13.7. The van der Waals surface area contributed by atoms with E-state index in [1.807, 2.05) is 0 Å². The molecule has 0 radical (unpaired) electrons. The van der Waals surface area contributed by atoms with Crippen molar-refractivity contribution in [2.75, 3.05) is 35.0 Å². The highest BCUT2D eigenvalue weighted by Crippen LogP contribution is 2.31. The summed E-state index contributed by atoms with van der Waals surface area (Å²) in [6, 6.07) is 16.2. The number of benzene rings is 3. The number of phenolic OH excluding ortho intramolecular Hbond substituents is 2. The third-order valence-electron chi connectivity index (χ3n) is 7.49. The normalized spacial score (nSPS) is 14.0. The quantitative estimate of drug-likeness (QED) is 0.0685. The summed E-state index contributed by atoms with van der Waals surface area (Å²) in [4.78, 5) is 0. The van der Waals surface area contributed by atoms with Gasteiger partial charge in [0.05, 0.1) is 36.1 Å². The van der Waals surface area contributed by atoms with Crippen molar-refractivity contribution in [3.63, 3.8) is 0 Å². The van der Waals surface area contributed by atoms with E-state index in [1.165, 1.54) is 47.5 Å². The first kappa shape index (κ1) is 37.1. The SMILES string of the molecule is CS(=O)(=O)Nc1cc([C@@H](O)C(CCCCc2ccc(CCCCN)cc2)NC[C@H](O)c2ccc(O)c(NS(C)(=O)=O)c2)ccc1O. The molecule has 0 aromatic heterocycles. The summed E-state index contributed by atoms with van der Waals surface area (Å²) < 4.78 is 51.4. The summed E-state index contributed by atoms with van der Waals surface area (Å²) in [7, 11) is -7.36. The van der Waals surface area contributed by atoms with Crippen LogP contribution in [0.15, 0.2) is 60.7 Å². The van der Waals surface area contributed by atoms with E-state index in [-0.39, 0.29) is 29.4 Å². The minimum Gasteiger partial charge on any atom is -0.506 e. The van der Waals surface area contributed by atoms with Gasteiger partial charge < -0.3 is 31.5 Å². The summed E-state index contributed by atoms with van der Waals surface area (Å²) in [6.45, 7) is 0.663. The van der Waals surface area contributed by atoms with E-state index in [1.54, 1.807) is 0 Å². The molecule has 0 aliphatic rings. The van der Waals surface area contributed by atoms with Crippen molar-refractivity contribution in [2.24, 2.45) is 5.73 Å². The molecule has 254 valence electrons. The first-order valence-electron chi connectivity index (χ1n) is 15.1. The predicted octanol–water partition coefficient (Wildman–Crippen LogP) is 3.26. The Balaban J connectivity index is 1.72. The molecule has 0 bridgehead atoms. The Morgan fingerprint density at radius 1 is 0.696 bits per heavy atom. The number of nitrogens with two attached hydrogens (primary N) is 1. The number of aliphatic hydroxyl groups is 2. The molecule has 0 aliphatic heterocycles. The number of anilines is 2. The number of sulfonamides is 2. The van der Waals surface area contributed by atoms with E-state index in [0.29, 0.717) is 24.1 Å². The second kappa shape index (κ2) is 17.0. The second-order valence-corrected chi connectivity index (χ2v) is 15.1. The van der Waals surface area contributed by atoms with Gasteiger partial charge in [-0.05, 0) is 91.6 Å². The highest BCUT2D eigenvalue weighted by molar-refractivity contribution is 7.92. The zero-order valence-electron chi connectivity index (χ0n) is 26.2. The van der Waals surface area contributed by atoms with E-state index >= 15 is 0 Å². The third kappa shape index (κ3) is 12.4. The van der Waals surface area contributed by atoms with Gasteiger partial charge in [0.2, 0.25) is 20.0 Å². The van der Waals surface area contributed by atoms with Crippen LogP contribution in [-0.4, -0.2) is 68.9 Å². The Labute approximate surface area is 271 Å². The maximum absolute atomic E-state index is 11.8. The molecule has 3 rings (SSSR count). The van der Waals surface area contributed by atoms with Crippen LogP contribution in [0.25, 0.3) is 0 Å². The lowest BCUT2D eigenvalue weighted by molar-refractivity contribution is 0.105. The van der Waals surface area contributed by atoms with Crippen molar-refractivity contribution in [3.05, 3.63) is 82.9 Å². The molecule has 0 spiro atoms. The Morgan fingerprint density at radius 2 is 1.17 bits per heavy atom. The number of hydrogen-bond acceptors (Lipinski definition) is 10. The van der Waals surface area contributed by atoms with E-state index in [9.17, 15) is 37.3 Å². The van der Waals surface area contributed by atoms with Crippen LogP contribution in [-0.2, 0) is 32.9 Å². The number of phenols is 2. The van der Waals surface area contributed by atoms with Gasteiger partial charge in [-0.1, -0.05) is 42.8 Å². The number of unbranched alkanes of at least 4 members (excludes halogenated alkanes) is 2. The van der Waals surface area contributed by atoms with Crippen molar-refractivity contribution in [3.8, 4) is 11.5 Å². The molecule has 1 unspecified atom stereocenters. The lowest BCUT2D eigenvalue weighted by Crippen LogP contribution is -2.37. The van der Waals surface area contributed by atoms with Crippen molar-refractivity contribution in [1.82, 2.24) is 5.32 Å². The molecule has 0 fully saturated rings. The Morgan fingerprint density at radius 3 is 1.67 bits per heavy atom. The fourth-order valence-corrected chi connectivity index (χ4v) is 6.21. The summed E-state index contributed by atoms with van der Waals surface area (Å²) in [5.74, 6) is -0.591. The van der Waals surface area contributed by atoms with E-state index in [4.69, 9.17) is 5.73 Å². The standard InChI is InChI=1S/C32H46N4O8S2/c1-45(41,42)35-27-19-24(14-16-29(27)37)31(39)21-34-26(32(40)25-15-17-30(38)28(20-25)36-46(2,43)44)9-4-3-7-22-10-12-23(13-11-22)8-5-6-18-33/h10-17,19-20,26,31-32,34-40H,3-9,18,21,33H2,1-2H3/t26?,31-,32+/m0/s1. The third-order valence-corrected chi connectivity index (χ3v) is 8.67. The lowest BCUT2D eigenvalue weighted by atomic mass is 9.95. The summed E-state index contributed by atoms with van der Waals surface area (Å²) in [5.41, 5.74) is 8.60. The van der Waals surface area contributed by atoms with Crippen LogP contribution in [0, 0.1) is 0 Å². The monoisotopic (exact) mass is 678 g/mol. The molecule has 3 aromatic carbocycles. The minimum atomic E-state index is -3.69. The molecule has 0 amide bonds. The van der Waals surface area contributed by atoms with Gasteiger partial charge in [-0.15, -0.1) is 0 Å². The fraction of sp³-hybridized carbons (Fsp3) is 0.438. The molecule has 0 heterocycles. The maximum atomic E-state index is 11.8. The first-order valence-corrected chi connectivity index (χ1v) is 18.9. The average molecular weight is 679 g/mol. The number of hydrogen-bond donors (Lipinski definition) is 8. The molecule has 0 aliphatic carbocycles. The maximum Gasteiger partial charge on any atom is 0.229 e. The first-order chi connectivity index (χ1) is 21.6. The zero-order chi connectivity index (χ0) is 33.9. The molecule has 14 heteroatoms. The van der Waals surface area contributed by atoms with Crippen molar-refractivity contribution < 1.29 is 37.3 Å². The molecule has 46 heavy (non-hydrogen) atoms.